The van der Waals surface area contributed by atoms with E-state index in [1.165, 1.54) is 17.0 Å². The number of anilines is 1. The van der Waals surface area contributed by atoms with Crippen LogP contribution in [-0.2, 0) is 4.79 Å². The summed E-state index contributed by atoms with van der Waals surface area (Å²) in [6.45, 7) is 2.29. The Morgan fingerprint density at radius 2 is 1.95 bits per heavy atom. The standard InChI is InChI=1S/C13H17FN2O3/c1-4-16(8-12(17)15(2)3)11-6-5-9(13(18)19)7-10(11)14/h5-7H,4,8H2,1-3H3,(H,18,19). The molecule has 0 saturated heterocycles. The van der Waals surface area contributed by atoms with Gasteiger partial charge in [0, 0.05) is 20.6 Å². The van der Waals surface area contributed by atoms with Crippen LogP contribution < -0.4 is 4.90 Å². The third-order valence-corrected chi connectivity index (χ3v) is 2.74. The van der Waals surface area contributed by atoms with Crippen LogP contribution in [0.1, 0.15) is 17.3 Å². The van der Waals surface area contributed by atoms with E-state index in [2.05, 4.69) is 0 Å². The average molecular weight is 268 g/mol. The SMILES string of the molecule is CCN(CC(=O)N(C)C)c1ccc(C(=O)O)cc1F. The highest BCUT2D eigenvalue weighted by Gasteiger charge is 2.16. The number of carbonyl (C=O) groups excluding carboxylic acids is 1. The molecule has 1 rings (SSSR count). The first-order valence-electron chi connectivity index (χ1n) is 5.84. The maximum absolute atomic E-state index is 13.9. The highest BCUT2D eigenvalue weighted by Crippen LogP contribution is 2.20. The number of nitrogens with zero attached hydrogens (tertiary/aromatic N) is 2. The zero-order valence-corrected chi connectivity index (χ0v) is 11.2. The molecule has 0 aromatic heterocycles. The minimum Gasteiger partial charge on any atom is -0.478 e. The van der Waals surface area contributed by atoms with Gasteiger partial charge >= 0.3 is 5.97 Å². The summed E-state index contributed by atoms with van der Waals surface area (Å²) in [5, 5.41) is 8.77. The van der Waals surface area contributed by atoms with Crippen LogP contribution in [0, 0.1) is 5.82 Å². The lowest BCUT2D eigenvalue weighted by Gasteiger charge is -2.24. The fourth-order valence-electron chi connectivity index (χ4n) is 1.57. The predicted octanol–water partition coefficient (Wildman–Crippen LogP) is 1.44. The Morgan fingerprint density at radius 1 is 1.32 bits per heavy atom. The first kappa shape index (κ1) is 14.9. The third-order valence-electron chi connectivity index (χ3n) is 2.74. The van der Waals surface area contributed by atoms with Crippen molar-refractivity contribution < 1.29 is 19.1 Å². The fraction of sp³-hybridized carbons (Fsp3) is 0.385. The minimum absolute atomic E-state index is 0.0485. The van der Waals surface area contributed by atoms with Crippen LogP contribution >= 0.6 is 0 Å². The molecule has 0 radical (unpaired) electrons. The van der Waals surface area contributed by atoms with Crippen LogP contribution in [0.3, 0.4) is 0 Å². The Balaban J connectivity index is 2.99. The van der Waals surface area contributed by atoms with Crippen molar-refractivity contribution >= 4 is 17.6 Å². The van der Waals surface area contributed by atoms with Gasteiger partial charge in [-0.3, -0.25) is 4.79 Å². The van der Waals surface area contributed by atoms with E-state index < -0.39 is 11.8 Å². The van der Waals surface area contributed by atoms with E-state index in [4.69, 9.17) is 5.11 Å². The van der Waals surface area contributed by atoms with E-state index in [0.29, 0.717) is 6.54 Å². The summed E-state index contributed by atoms with van der Waals surface area (Å²) in [6, 6.07) is 3.66. The number of carboxylic acids is 1. The molecule has 0 atom stereocenters. The molecule has 0 aliphatic heterocycles. The van der Waals surface area contributed by atoms with Gasteiger partial charge in [-0.2, -0.15) is 0 Å². The molecule has 104 valence electrons. The lowest BCUT2D eigenvalue weighted by Crippen LogP contribution is -2.37. The molecule has 0 saturated carbocycles. The van der Waals surface area contributed by atoms with E-state index in [1.807, 2.05) is 0 Å². The van der Waals surface area contributed by atoms with Crippen LogP contribution in [0.25, 0.3) is 0 Å². The number of halogens is 1. The van der Waals surface area contributed by atoms with E-state index >= 15 is 0 Å². The van der Waals surface area contributed by atoms with Gasteiger partial charge in [0.15, 0.2) is 0 Å². The van der Waals surface area contributed by atoms with Gasteiger partial charge in [-0.15, -0.1) is 0 Å². The van der Waals surface area contributed by atoms with Crippen molar-refractivity contribution in [1.29, 1.82) is 0 Å². The van der Waals surface area contributed by atoms with E-state index in [1.54, 1.807) is 25.9 Å². The number of hydrogen-bond donors (Lipinski definition) is 1. The second-order valence-corrected chi connectivity index (χ2v) is 4.27. The molecule has 0 heterocycles. The average Bonchev–Trinajstić information content (AvgIpc) is 2.35. The molecule has 0 aliphatic rings. The van der Waals surface area contributed by atoms with E-state index in [-0.39, 0.29) is 23.7 Å². The zero-order valence-electron chi connectivity index (χ0n) is 11.2. The Bertz CT molecular complexity index is 489. The van der Waals surface area contributed by atoms with Crippen LogP contribution in [0.15, 0.2) is 18.2 Å². The lowest BCUT2D eigenvalue weighted by atomic mass is 10.2. The first-order valence-corrected chi connectivity index (χ1v) is 5.84. The van der Waals surface area contributed by atoms with E-state index in [0.717, 1.165) is 6.07 Å². The van der Waals surface area contributed by atoms with Crippen LogP contribution in [0.5, 0.6) is 0 Å². The van der Waals surface area contributed by atoms with Crippen molar-refractivity contribution in [3.63, 3.8) is 0 Å². The number of likely N-dealkylation sites (N-methyl/N-ethyl adjacent to an activating group) is 2. The minimum atomic E-state index is -1.18. The van der Waals surface area contributed by atoms with Gasteiger partial charge in [-0.25, -0.2) is 9.18 Å². The van der Waals surface area contributed by atoms with Crippen molar-refractivity contribution in [3.05, 3.63) is 29.6 Å². The number of amides is 1. The number of rotatable bonds is 5. The summed E-state index contributed by atoms with van der Waals surface area (Å²) >= 11 is 0. The summed E-state index contributed by atoms with van der Waals surface area (Å²) in [6.07, 6.45) is 0. The maximum Gasteiger partial charge on any atom is 0.335 e. The lowest BCUT2D eigenvalue weighted by molar-refractivity contribution is -0.127. The van der Waals surface area contributed by atoms with Gasteiger partial charge in [-0.05, 0) is 25.1 Å². The van der Waals surface area contributed by atoms with Gasteiger partial charge in [0.05, 0.1) is 17.8 Å². The van der Waals surface area contributed by atoms with Crippen LogP contribution in [0.4, 0.5) is 10.1 Å². The van der Waals surface area contributed by atoms with Crippen LogP contribution in [0.2, 0.25) is 0 Å². The molecule has 0 unspecified atom stereocenters. The molecule has 1 N–H and O–H groups in total. The maximum atomic E-state index is 13.9. The molecular weight excluding hydrogens is 251 g/mol. The third kappa shape index (κ3) is 3.67. The molecule has 5 nitrogen and oxygen atoms in total. The number of benzene rings is 1. The number of carboxylic acid groups (broad SMARTS) is 1. The summed E-state index contributed by atoms with van der Waals surface area (Å²) < 4.78 is 13.9. The summed E-state index contributed by atoms with van der Waals surface area (Å²) in [5.41, 5.74) is 0.110. The second kappa shape index (κ2) is 6.17. The van der Waals surface area contributed by atoms with Gasteiger partial charge in [0.25, 0.3) is 0 Å². The molecule has 1 amide bonds. The Morgan fingerprint density at radius 3 is 2.37 bits per heavy atom. The Labute approximate surface area is 111 Å². The van der Waals surface area contributed by atoms with Crippen molar-refractivity contribution in [1.82, 2.24) is 4.90 Å². The van der Waals surface area contributed by atoms with Crippen molar-refractivity contribution in [3.8, 4) is 0 Å². The second-order valence-electron chi connectivity index (χ2n) is 4.27. The molecular formula is C13H17FN2O3. The number of aromatic carboxylic acids is 1. The van der Waals surface area contributed by atoms with Crippen molar-refractivity contribution in [2.24, 2.45) is 0 Å². The summed E-state index contributed by atoms with van der Waals surface area (Å²) in [5.74, 6) is -1.98. The van der Waals surface area contributed by atoms with Gasteiger partial charge in [-0.1, -0.05) is 0 Å². The number of carbonyl (C=O) groups is 2. The molecule has 1 aromatic carbocycles. The van der Waals surface area contributed by atoms with Crippen molar-refractivity contribution in [2.45, 2.75) is 6.92 Å². The smallest absolute Gasteiger partial charge is 0.335 e. The van der Waals surface area contributed by atoms with Gasteiger partial charge in [0.1, 0.15) is 5.82 Å². The topological polar surface area (TPSA) is 60.9 Å². The number of hydrogen-bond acceptors (Lipinski definition) is 3. The summed E-state index contributed by atoms with van der Waals surface area (Å²) in [4.78, 5) is 25.4. The molecule has 0 spiro atoms. The Hall–Kier alpha value is -2.11. The predicted molar refractivity (Wildman–Crippen MR) is 69.9 cm³/mol. The summed E-state index contributed by atoms with van der Waals surface area (Å²) in [7, 11) is 3.25. The fourth-order valence-corrected chi connectivity index (χ4v) is 1.57. The quantitative estimate of drug-likeness (QED) is 0.877. The Kier molecular flexibility index (Phi) is 4.86. The molecule has 6 heteroatoms. The molecule has 0 aliphatic carbocycles. The zero-order chi connectivity index (χ0) is 14.6. The normalized spacial score (nSPS) is 10.1. The van der Waals surface area contributed by atoms with Crippen molar-refractivity contribution in [2.75, 3.05) is 32.1 Å². The molecule has 1 aromatic rings. The van der Waals surface area contributed by atoms with Gasteiger partial charge in [0.2, 0.25) is 5.91 Å². The highest BCUT2D eigenvalue weighted by molar-refractivity contribution is 5.88. The van der Waals surface area contributed by atoms with E-state index in [9.17, 15) is 14.0 Å². The van der Waals surface area contributed by atoms with Gasteiger partial charge < -0.3 is 14.9 Å². The molecule has 0 bridgehead atoms. The molecule has 0 fully saturated rings. The monoisotopic (exact) mass is 268 g/mol. The van der Waals surface area contributed by atoms with Crippen LogP contribution in [-0.4, -0.2) is 49.1 Å². The first-order chi connectivity index (χ1) is 8.86. The highest BCUT2D eigenvalue weighted by atomic mass is 19.1. The largest absolute Gasteiger partial charge is 0.478 e. The molecule has 19 heavy (non-hydrogen) atoms.